The predicted molar refractivity (Wildman–Crippen MR) is 75.0 cm³/mol. The van der Waals surface area contributed by atoms with Crippen molar-refractivity contribution in [1.29, 1.82) is 0 Å². The van der Waals surface area contributed by atoms with Gasteiger partial charge in [-0.15, -0.1) is 11.3 Å². The van der Waals surface area contributed by atoms with Crippen LogP contribution in [0.1, 0.15) is 44.3 Å². The van der Waals surface area contributed by atoms with Gasteiger partial charge >= 0.3 is 0 Å². The van der Waals surface area contributed by atoms with E-state index in [1.54, 1.807) is 11.3 Å². The van der Waals surface area contributed by atoms with Crippen molar-refractivity contribution < 1.29 is 0 Å². The first-order valence-electron chi connectivity index (χ1n) is 6.19. The molecule has 2 rings (SSSR count). The van der Waals surface area contributed by atoms with Crippen molar-refractivity contribution in [2.24, 2.45) is 0 Å². The Hall–Kier alpha value is -1.16. The third kappa shape index (κ3) is 2.41. The highest BCUT2D eigenvalue weighted by Crippen LogP contribution is 2.30. The average molecular weight is 249 g/mol. The molecule has 0 aliphatic rings. The molecule has 17 heavy (non-hydrogen) atoms. The summed E-state index contributed by atoms with van der Waals surface area (Å²) in [4.78, 5) is 11.8. The van der Waals surface area contributed by atoms with Crippen LogP contribution < -0.4 is 5.32 Å². The van der Waals surface area contributed by atoms with Gasteiger partial charge in [-0.2, -0.15) is 0 Å². The third-order valence-corrected chi connectivity index (χ3v) is 3.84. The lowest BCUT2D eigenvalue weighted by Gasteiger charge is -2.08. The molecule has 2 heterocycles. The van der Waals surface area contributed by atoms with Crippen molar-refractivity contribution in [3.05, 3.63) is 16.8 Å². The fourth-order valence-electron chi connectivity index (χ4n) is 1.72. The van der Waals surface area contributed by atoms with Crippen molar-refractivity contribution in [3.8, 4) is 0 Å². The van der Waals surface area contributed by atoms with Crippen molar-refractivity contribution in [2.45, 2.75) is 40.0 Å². The highest BCUT2D eigenvalue weighted by atomic mass is 32.1. The molecule has 0 aromatic carbocycles. The summed E-state index contributed by atoms with van der Waals surface area (Å²) in [5.41, 5.74) is 0. The van der Waals surface area contributed by atoms with E-state index in [-0.39, 0.29) is 0 Å². The molecular formula is C13H19N3S. The van der Waals surface area contributed by atoms with E-state index in [0.717, 1.165) is 34.8 Å². The van der Waals surface area contributed by atoms with E-state index in [9.17, 15) is 0 Å². The number of nitrogens with one attached hydrogen (secondary N) is 1. The topological polar surface area (TPSA) is 37.8 Å². The SMILES string of the molecule is CCNc1nc(C(C)C)nc2sc(CC)cc12. The minimum Gasteiger partial charge on any atom is -0.370 e. The van der Waals surface area contributed by atoms with Gasteiger partial charge in [-0.25, -0.2) is 9.97 Å². The molecule has 0 amide bonds. The molecule has 2 aromatic rings. The number of rotatable bonds is 4. The average Bonchev–Trinajstić information content (AvgIpc) is 2.72. The first kappa shape index (κ1) is 12.3. The second-order valence-electron chi connectivity index (χ2n) is 4.40. The van der Waals surface area contributed by atoms with E-state index in [1.807, 2.05) is 0 Å². The van der Waals surface area contributed by atoms with Crippen LogP contribution in [0.25, 0.3) is 10.2 Å². The Labute approximate surface area is 106 Å². The maximum atomic E-state index is 4.65. The number of thiophene rings is 1. The Balaban J connectivity index is 2.60. The molecule has 0 saturated heterocycles. The second kappa shape index (κ2) is 5.00. The van der Waals surface area contributed by atoms with Crippen LogP contribution in [0, 0.1) is 0 Å². The summed E-state index contributed by atoms with van der Waals surface area (Å²) in [5.74, 6) is 2.28. The van der Waals surface area contributed by atoms with Crippen LogP contribution in [0.15, 0.2) is 6.07 Å². The first-order valence-corrected chi connectivity index (χ1v) is 7.01. The Morgan fingerprint density at radius 2 is 2.06 bits per heavy atom. The summed E-state index contributed by atoms with van der Waals surface area (Å²) in [7, 11) is 0. The molecule has 0 spiro atoms. The normalized spacial score (nSPS) is 11.4. The van der Waals surface area contributed by atoms with Crippen LogP contribution in [-0.2, 0) is 6.42 Å². The number of aromatic nitrogens is 2. The van der Waals surface area contributed by atoms with Gasteiger partial charge in [0.1, 0.15) is 16.5 Å². The van der Waals surface area contributed by atoms with Crippen LogP contribution >= 0.6 is 11.3 Å². The number of hydrogen-bond donors (Lipinski definition) is 1. The molecule has 92 valence electrons. The minimum absolute atomic E-state index is 0.365. The van der Waals surface area contributed by atoms with Crippen LogP contribution in [0.2, 0.25) is 0 Å². The smallest absolute Gasteiger partial charge is 0.138 e. The fraction of sp³-hybridized carbons (Fsp3) is 0.538. The van der Waals surface area contributed by atoms with Crippen molar-refractivity contribution >= 4 is 27.4 Å². The van der Waals surface area contributed by atoms with Crippen molar-refractivity contribution in [1.82, 2.24) is 9.97 Å². The van der Waals surface area contributed by atoms with Gasteiger partial charge in [0.15, 0.2) is 0 Å². The maximum Gasteiger partial charge on any atom is 0.138 e. The molecular weight excluding hydrogens is 230 g/mol. The second-order valence-corrected chi connectivity index (χ2v) is 5.52. The Kier molecular flexibility index (Phi) is 3.62. The van der Waals surface area contributed by atoms with Crippen molar-refractivity contribution in [2.75, 3.05) is 11.9 Å². The highest BCUT2D eigenvalue weighted by molar-refractivity contribution is 7.18. The molecule has 1 N–H and O–H groups in total. The zero-order chi connectivity index (χ0) is 12.4. The van der Waals surface area contributed by atoms with Gasteiger partial charge in [0.05, 0.1) is 5.39 Å². The van der Waals surface area contributed by atoms with E-state index < -0.39 is 0 Å². The van der Waals surface area contributed by atoms with Gasteiger partial charge in [-0.3, -0.25) is 0 Å². The molecule has 0 saturated carbocycles. The zero-order valence-corrected chi connectivity index (χ0v) is 11.7. The number of hydrogen-bond acceptors (Lipinski definition) is 4. The van der Waals surface area contributed by atoms with Gasteiger partial charge in [0.2, 0.25) is 0 Å². The van der Waals surface area contributed by atoms with Gasteiger partial charge in [0, 0.05) is 17.3 Å². The largest absolute Gasteiger partial charge is 0.370 e. The number of aryl methyl sites for hydroxylation is 1. The summed E-state index contributed by atoms with van der Waals surface area (Å²) in [6, 6.07) is 2.21. The molecule has 0 fully saturated rings. The summed E-state index contributed by atoms with van der Waals surface area (Å²) in [6.07, 6.45) is 1.06. The quantitative estimate of drug-likeness (QED) is 0.895. The van der Waals surface area contributed by atoms with E-state index in [4.69, 9.17) is 0 Å². The number of fused-ring (bicyclic) bond motifs is 1. The molecule has 0 aliphatic carbocycles. The lowest BCUT2D eigenvalue weighted by atomic mass is 10.2. The van der Waals surface area contributed by atoms with E-state index >= 15 is 0 Å². The lowest BCUT2D eigenvalue weighted by Crippen LogP contribution is -2.04. The first-order chi connectivity index (χ1) is 8.15. The summed E-state index contributed by atoms with van der Waals surface area (Å²) < 4.78 is 0. The molecule has 0 unspecified atom stereocenters. The van der Waals surface area contributed by atoms with Crippen LogP contribution in [0.3, 0.4) is 0 Å². The van der Waals surface area contributed by atoms with Crippen molar-refractivity contribution in [3.63, 3.8) is 0 Å². The summed E-state index contributed by atoms with van der Waals surface area (Å²) in [6.45, 7) is 9.42. The number of anilines is 1. The molecule has 0 bridgehead atoms. The zero-order valence-electron chi connectivity index (χ0n) is 10.9. The molecule has 4 heteroatoms. The van der Waals surface area contributed by atoms with Gasteiger partial charge in [0.25, 0.3) is 0 Å². The van der Waals surface area contributed by atoms with Crippen LogP contribution in [-0.4, -0.2) is 16.5 Å². The third-order valence-electron chi connectivity index (χ3n) is 2.67. The number of nitrogens with zero attached hydrogens (tertiary/aromatic N) is 2. The maximum absolute atomic E-state index is 4.65. The van der Waals surface area contributed by atoms with Gasteiger partial charge in [-0.05, 0) is 19.4 Å². The standard InChI is InChI=1S/C13H19N3S/c1-5-9-7-10-12(14-6-2)15-11(8(3)4)16-13(10)17-9/h7-8H,5-6H2,1-4H3,(H,14,15,16). The molecule has 0 aliphatic heterocycles. The monoisotopic (exact) mass is 249 g/mol. The van der Waals surface area contributed by atoms with Gasteiger partial charge in [-0.1, -0.05) is 20.8 Å². The Bertz CT molecular complexity index is 517. The summed E-state index contributed by atoms with van der Waals surface area (Å²) >= 11 is 1.78. The lowest BCUT2D eigenvalue weighted by molar-refractivity contribution is 0.785. The fourth-order valence-corrected chi connectivity index (χ4v) is 2.70. The van der Waals surface area contributed by atoms with E-state index in [1.165, 1.54) is 4.88 Å². The predicted octanol–water partition coefficient (Wildman–Crippen LogP) is 3.81. The van der Waals surface area contributed by atoms with Crippen LogP contribution in [0.5, 0.6) is 0 Å². The van der Waals surface area contributed by atoms with E-state index in [2.05, 4.69) is 49.0 Å². The highest BCUT2D eigenvalue weighted by Gasteiger charge is 2.12. The Morgan fingerprint density at radius 1 is 1.29 bits per heavy atom. The summed E-state index contributed by atoms with van der Waals surface area (Å²) in [5, 5.41) is 4.50. The molecule has 3 nitrogen and oxygen atoms in total. The minimum atomic E-state index is 0.365. The van der Waals surface area contributed by atoms with E-state index in [0.29, 0.717) is 5.92 Å². The molecule has 0 atom stereocenters. The molecule has 0 radical (unpaired) electrons. The van der Waals surface area contributed by atoms with Gasteiger partial charge < -0.3 is 5.32 Å². The molecule has 2 aromatic heterocycles. The Morgan fingerprint density at radius 3 is 2.65 bits per heavy atom. The van der Waals surface area contributed by atoms with Crippen LogP contribution in [0.4, 0.5) is 5.82 Å².